The molecule has 4 heteroatoms. The molecule has 0 heterocycles. The summed E-state index contributed by atoms with van der Waals surface area (Å²) < 4.78 is 12.0. The van der Waals surface area contributed by atoms with Gasteiger partial charge in [-0.15, -0.1) is 0 Å². The first kappa shape index (κ1) is 14.9. The Hall–Kier alpha value is -0.160. The molecule has 0 aromatic heterocycles. The van der Waals surface area contributed by atoms with Crippen molar-refractivity contribution in [1.29, 1.82) is 0 Å². The molecule has 0 fully saturated rings. The molecule has 0 radical (unpaired) electrons. The minimum Gasteiger partial charge on any atom is -0.349 e. The van der Waals surface area contributed by atoms with Crippen LogP contribution in [0.25, 0.3) is 6.08 Å². The molecule has 0 aliphatic carbocycles. The zero-order valence-corrected chi connectivity index (χ0v) is 13.1. The van der Waals surface area contributed by atoms with Crippen LogP contribution in [0.3, 0.4) is 0 Å². The van der Waals surface area contributed by atoms with Gasteiger partial charge >= 0.3 is 0 Å². The Morgan fingerprint density at radius 3 is 2.41 bits per heavy atom. The van der Waals surface area contributed by atoms with Crippen LogP contribution in [0.15, 0.2) is 27.7 Å². The molecule has 0 bridgehead atoms. The monoisotopic (exact) mass is 362 g/mol. The minimum atomic E-state index is -0.285. The zero-order chi connectivity index (χ0) is 12.7. The first-order valence-corrected chi connectivity index (χ1v) is 7.11. The van der Waals surface area contributed by atoms with Crippen molar-refractivity contribution in [2.45, 2.75) is 20.1 Å². The summed E-state index contributed by atoms with van der Waals surface area (Å²) in [6.07, 6.45) is 1.70. The fourth-order valence-corrected chi connectivity index (χ4v) is 1.99. The summed E-state index contributed by atoms with van der Waals surface area (Å²) in [4.78, 5) is 0. The third-order valence-corrected chi connectivity index (χ3v) is 2.55. The molecule has 0 amide bonds. The van der Waals surface area contributed by atoms with Gasteiger partial charge in [-0.1, -0.05) is 18.2 Å². The summed E-state index contributed by atoms with van der Waals surface area (Å²) in [5.74, 6) is 0. The second kappa shape index (κ2) is 8.03. The Bertz CT molecular complexity index is 367. The van der Waals surface area contributed by atoms with Crippen molar-refractivity contribution in [3.8, 4) is 0 Å². The molecule has 0 atom stereocenters. The average Bonchev–Trinajstić information content (AvgIpc) is 2.28. The van der Waals surface area contributed by atoms with Crippen LogP contribution in [-0.2, 0) is 9.47 Å². The fraction of sp³-hybridized carbons (Fsp3) is 0.385. The van der Waals surface area contributed by atoms with E-state index < -0.39 is 0 Å². The summed E-state index contributed by atoms with van der Waals surface area (Å²) in [6.45, 7) is 5.19. The van der Waals surface area contributed by atoms with E-state index in [1.165, 1.54) is 0 Å². The molecule has 0 N–H and O–H groups in total. The van der Waals surface area contributed by atoms with Crippen molar-refractivity contribution in [1.82, 2.24) is 0 Å². The molecule has 0 saturated heterocycles. The van der Waals surface area contributed by atoms with Crippen LogP contribution in [-0.4, -0.2) is 13.2 Å². The van der Waals surface area contributed by atoms with E-state index in [4.69, 9.17) is 9.47 Å². The van der Waals surface area contributed by atoms with Gasteiger partial charge in [0.05, 0.1) is 3.39 Å². The van der Waals surface area contributed by atoms with Gasteiger partial charge in [-0.2, -0.15) is 0 Å². The van der Waals surface area contributed by atoms with Gasteiger partial charge in [0.15, 0.2) is 6.29 Å². The van der Waals surface area contributed by atoms with Gasteiger partial charge in [0, 0.05) is 18.8 Å². The van der Waals surface area contributed by atoms with Crippen LogP contribution >= 0.6 is 31.9 Å². The number of rotatable bonds is 6. The normalized spacial score (nSPS) is 10.6. The maximum atomic E-state index is 5.56. The number of benzene rings is 1. The highest BCUT2D eigenvalue weighted by molar-refractivity contribution is 9.28. The lowest BCUT2D eigenvalue weighted by molar-refractivity contribution is -0.140. The van der Waals surface area contributed by atoms with Gasteiger partial charge in [-0.25, -0.2) is 0 Å². The van der Waals surface area contributed by atoms with Gasteiger partial charge in [0.2, 0.25) is 0 Å². The highest BCUT2D eigenvalue weighted by Gasteiger charge is 2.10. The fourth-order valence-electron chi connectivity index (χ4n) is 1.46. The lowest BCUT2D eigenvalue weighted by Gasteiger charge is -2.17. The molecular formula is C13H16Br2O2. The topological polar surface area (TPSA) is 18.5 Å². The molecule has 17 heavy (non-hydrogen) atoms. The van der Waals surface area contributed by atoms with E-state index >= 15 is 0 Å². The molecule has 0 unspecified atom stereocenters. The summed E-state index contributed by atoms with van der Waals surface area (Å²) in [5, 5.41) is 0. The molecule has 1 aromatic carbocycles. The van der Waals surface area contributed by atoms with Gasteiger partial charge < -0.3 is 9.47 Å². The van der Waals surface area contributed by atoms with Crippen LogP contribution in [0.1, 0.15) is 31.3 Å². The predicted octanol–water partition coefficient (Wildman–Crippen LogP) is 4.85. The molecule has 2 nitrogen and oxygen atoms in total. The summed E-state index contributed by atoms with van der Waals surface area (Å²) in [5.41, 5.74) is 2.12. The van der Waals surface area contributed by atoms with Crippen LogP contribution in [0.2, 0.25) is 0 Å². The van der Waals surface area contributed by atoms with E-state index in [2.05, 4.69) is 37.9 Å². The van der Waals surface area contributed by atoms with Crippen LogP contribution in [0.4, 0.5) is 0 Å². The summed E-state index contributed by atoms with van der Waals surface area (Å²) in [7, 11) is 0. The quantitative estimate of drug-likeness (QED) is 0.673. The Balaban J connectivity index is 2.91. The SMILES string of the molecule is CCOC(OCC)c1cccc(C=C(Br)Br)c1. The number of halogens is 2. The maximum Gasteiger partial charge on any atom is 0.183 e. The smallest absolute Gasteiger partial charge is 0.183 e. The van der Waals surface area contributed by atoms with Gasteiger partial charge in [0.25, 0.3) is 0 Å². The molecular weight excluding hydrogens is 348 g/mol. The van der Waals surface area contributed by atoms with Crippen molar-refractivity contribution < 1.29 is 9.47 Å². The molecule has 0 spiro atoms. The van der Waals surface area contributed by atoms with Crippen LogP contribution in [0.5, 0.6) is 0 Å². The number of hydrogen-bond acceptors (Lipinski definition) is 2. The number of hydrogen-bond donors (Lipinski definition) is 0. The predicted molar refractivity (Wildman–Crippen MR) is 78.3 cm³/mol. The lowest BCUT2D eigenvalue weighted by atomic mass is 10.1. The van der Waals surface area contributed by atoms with Crippen molar-refractivity contribution in [3.05, 3.63) is 38.8 Å². The first-order valence-electron chi connectivity index (χ1n) is 5.53. The van der Waals surface area contributed by atoms with Gasteiger partial charge in [-0.3, -0.25) is 0 Å². The van der Waals surface area contributed by atoms with Crippen molar-refractivity contribution >= 4 is 37.9 Å². The zero-order valence-electron chi connectivity index (χ0n) is 9.95. The highest BCUT2D eigenvalue weighted by atomic mass is 79.9. The van der Waals surface area contributed by atoms with Gasteiger partial charge in [0.1, 0.15) is 0 Å². The van der Waals surface area contributed by atoms with E-state index in [0.29, 0.717) is 13.2 Å². The average molecular weight is 364 g/mol. The van der Waals surface area contributed by atoms with Gasteiger partial charge in [-0.05, 0) is 63.4 Å². The minimum absolute atomic E-state index is 0.285. The highest BCUT2D eigenvalue weighted by Crippen LogP contribution is 2.23. The lowest BCUT2D eigenvalue weighted by Crippen LogP contribution is -2.08. The second-order valence-corrected chi connectivity index (χ2v) is 6.12. The van der Waals surface area contributed by atoms with E-state index in [0.717, 1.165) is 14.5 Å². The second-order valence-electron chi connectivity index (χ2n) is 3.35. The Morgan fingerprint density at radius 2 is 1.88 bits per heavy atom. The molecule has 94 valence electrons. The summed E-state index contributed by atoms with van der Waals surface area (Å²) in [6, 6.07) is 8.09. The van der Waals surface area contributed by atoms with E-state index in [-0.39, 0.29) is 6.29 Å². The standard InChI is InChI=1S/C13H16Br2O2/c1-3-16-13(17-4-2)11-7-5-6-10(8-11)9-12(14)15/h5-9,13H,3-4H2,1-2H3. The maximum absolute atomic E-state index is 5.56. The Labute approximate surface area is 119 Å². The van der Waals surface area contributed by atoms with E-state index in [1.807, 2.05) is 38.1 Å². The largest absolute Gasteiger partial charge is 0.349 e. The summed E-state index contributed by atoms with van der Waals surface area (Å²) >= 11 is 6.70. The van der Waals surface area contributed by atoms with E-state index in [1.54, 1.807) is 0 Å². The van der Waals surface area contributed by atoms with Crippen molar-refractivity contribution in [2.24, 2.45) is 0 Å². The number of ether oxygens (including phenoxy) is 2. The molecule has 0 aliphatic heterocycles. The molecule has 1 rings (SSSR count). The van der Waals surface area contributed by atoms with Crippen molar-refractivity contribution in [3.63, 3.8) is 0 Å². The molecule has 0 saturated carbocycles. The van der Waals surface area contributed by atoms with Crippen LogP contribution in [0, 0.1) is 0 Å². The Kier molecular flexibility index (Phi) is 7.04. The third kappa shape index (κ3) is 5.34. The van der Waals surface area contributed by atoms with E-state index in [9.17, 15) is 0 Å². The first-order chi connectivity index (χ1) is 8.17. The third-order valence-electron chi connectivity index (χ3n) is 2.09. The van der Waals surface area contributed by atoms with Crippen LogP contribution < -0.4 is 0 Å². The van der Waals surface area contributed by atoms with Crippen molar-refractivity contribution in [2.75, 3.05) is 13.2 Å². The molecule has 1 aromatic rings. The molecule has 0 aliphatic rings. The Morgan fingerprint density at radius 1 is 1.24 bits per heavy atom.